The number of carbonyl (C=O) groups excluding carboxylic acids is 1. The Morgan fingerprint density at radius 3 is 2.47 bits per heavy atom. The van der Waals surface area contributed by atoms with Gasteiger partial charge in [-0.15, -0.1) is 0 Å². The fourth-order valence-electron chi connectivity index (χ4n) is 0.833. The van der Waals surface area contributed by atoms with Crippen molar-refractivity contribution in [3.8, 4) is 0 Å². The molecule has 0 aromatic rings. The van der Waals surface area contributed by atoms with Gasteiger partial charge in [-0.25, -0.2) is 4.79 Å². The highest BCUT2D eigenvalue weighted by atomic mass is 16.6. The molecule has 0 unspecified atom stereocenters. The molecule has 0 aliphatic carbocycles. The lowest BCUT2D eigenvalue weighted by Gasteiger charge is -2.22. The molecular formula is C11H22O4. The number of ether oxygens (including phenoxy) is 3. The predicted octanol–water partition coefficient (Wildman–Crippen LogP) is 1.77. The lowest BCUT2D eigenvalue weighted by atomic mass is 10.1. The molecule has 90 valence electrons. The molecule has 0 rings (SSSR count). The molecule has 4 nitrogen and oxygen atoms in total. The van der Waals surface area contributed by atoms with Crippen LogP contribution in [0.25, 0.3) is 0 Å². The Balaban J connectivity index is 3.42. The molecule has 0 atom stereocenters. The minimum Gasteiger partial charge on any atom is -0.464 e. The normalized spacial score (nSPS) is 11.5. The van der Waals surface area contributed by atoms with Crippen LogP contribution < -0.4 is 0 Å². The molecule has 0 heterocycles. The molecule has 0 radical (unpaired) electrons. The van der Waals surface area contributed by atoms with Gasteiger partial charge in [0, 0.05) is 7.11 Å². The molecule has 0 bridgehead atoms. The summed E-state index contributed by atoms with van der Waals surface area (Å²) in [6.45, 7) is 6.90. The quantitative estimate of drug-likeness (QED) is 0.460. The highest BCUT2D eigenvalue weighted by Gasteiger charge is 2.15. The fraction of sp³-hybridized carbons (Fsp3) is 0.909. The standard InChI is InChI=1S/C11H22O4/c1-5-7-15-10(12)9-14-8-6-11(2,3)13-4/h5-9H2,1-4H3. The van der Waals surface area contributed by atoms with E-state index in [1.165, 1.54) is 0 Å². The molecule has 0 aliphatic heterocycles. The van der Waals surface area contributed by atoms with Gasteiger partial charge in [-0.2, -0.15) is 0 Å². The largest absolute Gasteiger partial charge is 0.464 e. The van der Waals surface area contributed by atoms with E-state index in [0.29, 0.717) is 13.2 Å². The van der Waals surface area contributed by atoms with Gasteiger partial charge in [0.2, 0.25) is 0 Å². The predicted molar refractivity (Wildman–Crippen MR) is 57.8 cm³/mol. The van der Waals surface area contributed by atoms with Gasteiger partial charge < -0.3 is 14.2 Å². The Morgan fingerprint density at radius 2 is 1.93 bits per heavy atom. The summed E-state index contributed by atoms with van der Waals surface area (Å²) < 4.78 is 15.2. The maximum Gasteiger partial charge on any atom is 0.332 e. The third kappa shape index (κ3) is 8.39. The first kappa shape index (κ1) is 14.4. The van der Waals surface area contributed by atoms with Crippen LogP contribution in [-0.2, 0) is 19.0 Å². The molecule has 15 heavy (non-hydrogen) atoms. The molecule has 0 aliphatic rings. The number of rotatable bonds is 8. The topological polar surface area (TPSA) is 44.8 Å². The second kappa shape index (κ2) is 7.65. The average Bonchev–Trinajstić information content (AvgIpc) is 2.21. The molecule has 0 saturated heterocycles. The summed E-state index contributed by atoms with van der Waals surface area (Å²) >= 11 is 0. The van der Waals surface area contributed by atoms with Gasteiger partial charge in [0.05, 0.1) is 18.8 Å². The number of hydrogen-bond donors (Lipinski definition) is 0. The summed E-state index contributed by atoms with van der Waals surface area (Å²) in [5, 5.41) is 0. The van der Waals surface area contributed by atoms with Crippen LogP contribution >= 0.6 is 0 Å². The van der Waals surface area contributed by atoms with Crippen molar-refractivity contribution in [2.45, 2.75) is 39.2 Å². The minimum absolute atomic E-state index is 0.0276. The van der Waals surface area contributed by atoms with Gasteiger partial charge in [0.15, 0.2) is 0 Å². The Hall–Kier alpha value is -0.610. The van der Waals surface area contributed by atoms with E-state index in [0.717, 1.165) is 12.8 Å². The zero-order chi connectivity index (χ0) is 11.7. The SMILES string of the molecule is CCCOC(=O)COCCC(C)(C)OC. The summed E-state index contributed by atoms with van der Waals surface area (Å²) in [5.41, 5.74) is -0.201. The highest BCUT2D eigenvalue weighted by molar-refractivity contribution is 5.70. The molecule has 0 fully saturated rings. The Bertz CT molecular complexity index is 177. The van der Waals surface area contributed by atoms with Crippen molar-refractivity contribution < 1.29 is 19.0 Å². The molecule has 0 N–H and O–H groups in total. The summed E-state index contributed by atoms with van der Waals surface area (Å²) in [5.74, 6) is -0.299. The lowest BCUT2D eigenvalue weighted by Crippen LogP contribution is -2.25. The summed E-state index contributed by atoms with van der Waals surface area (Å²) in [4.78, 5) is 11.0. The van der Waals surface area contributed by atoms with Crippen molar-refractivity contribution in [1.82, 2.24) is 0 Å². The van der Waals surface area contributed by atoms with Crippen molar-refractivity contribution in [1.29, 1.82) is 0 Å². The van der Waals surface area contributed by atoms with E-state index >= 15 is 0 Å². The zero-order valence-electron chi connectivity index (χ0n) is 10.2. The van der Waals surface area contributed by atoms with E-state index in [4.69, 9.17) is 14.2 Å². The van der Waals surface area contributed by atoms with Crippen LogP contribution in [-0.4, -0.2) is 38.5 Å². The molecule has 0 aromatic carbocycles. The third-order valence-corrected chi connectivity index (χ3v) is 2.09. The van der Waals surface area contributed by atoms with E-state index in [9.17, 15) is 4.79 Å². The van der Waals surface area contributed by atoms with Crippen molar-refractivity contribution in [2.75, 3.05) is 26.9 Å². The van der Waals surface area contributed by atoms with Crippen LogP contribution in [0.15, 0.2) is 0 Å². The van der Waals surface area contributed by atoms with E-state index in [1.54, 1.807) is 7.11 Å². The molecule has 0 amide bonds. The Morgan fingerprint density at radius 1 is 1.27 bits per heavy atom. The monoisotopic (exact) mass is 218 g/mol. The van der Waals surface area contributed by atoms with Crippen LogP contribution in [0.4, 0.5) is 0 Å². The van der Waals surface area contributed by atoms with Crippen LogP contribution in [0.3, 0.4) is 0 Å². The van der Waals surface area contributed by atoms with Crippen molar-refractivity contribution >= 4 is 5.97 Å². The second-order valence-electron chi connectivity index (χ2n) is 3.99. The highest BCUT2D eigenvalue weighted by Crippen LogP contribution is 2.12. The summed E-state index contributed by atoms with van der Waals surface area (Å²) in [7, 11) is 1.66. The molecule has 4 heteroatoms. The van der Waals surface area contributed by atoms with Gasteiger partial charge in [0.1, 0.15) is 6.61 Å². The summed E-state index contributed by atoms with van der Waals surface area (Å²) in [6.07, 6.45) is 1.59. The average molecular weight is 218 g/mol. The van der Waals surface area contributed by atoms with Gasteiger partial charge in [-0.1, -0.05) is 6.92 Å². The first-order valence-electron chi connectivity index (χ1n) is 5.30. The van der Waals surface area contributed by atoms with Crippen molar-refractivity contribution in [3.63, 3.8) is 0 Å². The Labute approximate surface area is 91.9 Å². The van der Waals surface area contributed by atoms with Gasteiger partial charge >= 0.3 is 5.97 Å². The van der Waals surface area contributed by atoms with E-state index in [2.05, 4.69) is 0 Å². The van der Waals surface area contributed by atoms with E-state index in [-0.39, 0.29) is 18.2 Å². The molecule has 0 aromatic heterocycles. The van der Waals surface area contributed by atoms with E-state index < -0.39 is 0 Å². The lowest BCUT2D eigenvalue weighted by molar-refractivity contribution is -0.149. The van der Waals surface area contributed by atoms with Crippen LogP contribution in [0.2, 0.25) is 0 Å². The molecule has 0 saturated carbocycles. The Kier molecular flexibility index (Phi) is 7.34. The second-order valence-corrected chi connectivity index (χ2v) is 3.99. The first-order valence-corrected chi connectivity index (χ1v) is 5.30. The number of methoxy groups -OCH3 is 1. The summed E-state index contributed by atoms with van der Waals surface area (Å²) in [6, 6.07) is 0. The number of carbonyl (C=O) groups is 1. The minimum atomic E-state index is -0.299. The van der Waals surface area contributed by atoms with Crippen molar-refractivity contribution in [3.05, 3.63) is 0 Å². The van der Waals surface area contributed by atoms with Crippen molar-refractivity contribution in [2.24, 2.45) is 0 Å². The fourth-order valence-corrected chi connectivity index (χ4v) is 0.833. The molecule has 0 spiro atoms. The smallest absolute Gasteiger partial charge is 0.332 e. The number of esters is 1. The maximum absolute atomic E-state index is 11.0. The van der Waals surface area contributed by atoms with Crippen LogP contribution in [0, 0.1) is 0 Å². The van der Waals surface area contributed by atoms with Gasteiger partial charge in [0.25, 0.3) is 0 Å². The van der Waals surface area contributed by atoms with E-state index in [1.807, 2.05) is 20.8 Å². The van der Waals surface area contributed by atoms with Crippen LogP contribution in [0.5, 0.6) is 0 Å². The van der Waals surface area contributed by atoms with Gasteiger partial charge in [-0.05, 0) is 26.7 Å². The molecular weight excluding hydrogens is 196 g/mol. The maximum atomic E-state index is 11.0. The van der Waals surface area contributed by atoms with Crippen LogP contribution in [0.1, 0.15) is 33.6 Å². The zero-order valence-corrected chi connectivity index (χ0v) is 10.2. The van der Waals surface area contributed by atoms with Gasteiger partial charge in [-0.3, -0.25) is 0 Å². The third-order valence-electron chi connectivity index (χ3n) is 2.09. The number of hydrogen-bond acceptors (Lipinski definition) is 4. The first-order chi connectivity index (χ1) is 7.02.